The van der Waals surface area contributed by atoms with E-state index in [4.69, 9.17) is 4.74 Å². The summed E-state index contributed by atoms with van der Waals surface area (Å²) >= 11 is 0. The van der Waals surface area contributed by atoms with E-state index in [2.05, 4.69) is 28.9 Å². The van der Waals surface area contributed by atoms with Crippen molar-refractivity contribution in [3.63, 3.8) is 0 Å². The molecule has 0 saturated heterocycles. The number of ketones is 1. The smallest absolute Gasteiger partial charge is 0.429 e. The Kier molecular flexibility index (Phi) is 12.5. The highest BCUT2D eigenvalue weighted by Gasteiger charge is 2.31. The molecule has 1 unspecified atom stereocenters. The van der Waals surface area contributed by atoms with Gasteiger partial charge in [0.15, 0.2) is 5.78 Å². The number of methoxy groups -OCH3 is 1. The summed E-state index contributed by atoms with van der Waals surface area (Å²) in [6, 6.07) is 9.92. The van der Waals surface area contributed by atoms with Gasteiger partial charge >= 0.3 is 6.18 Å². The highest BCUT2D eigenvalue weighted by Crippen LogP contribution is 2.29. The number of allylic oxidation sites excluding steroid dienone is 2. The molecule has 8 nitrogen and oxygen atoms in total. The fourth-order valence-electron chi connectivity index (χ4n) is 4.80. The molecule has 2 N–H and O–H groups in total. The van der Waals surface area contributed by atoms with Gasteiger partial charge in [-0.05, 0) is 55.4 Å². The van der Waals surface area contributed by atoms with E-state index in [0.29, 0.717) is 60.1 Å². The number of nitrogens with one attached hydrogen (secondary N) is 1. The van der Waals surface area contributed by atoms with E-state index in [0.717, 1.165) is 32.4 Å². The lowest BCUT2D eigenvalue weighted by molar-refractivity contribution is -0.0591. The molecule has 0 saturated carbocycles. The maximum absolute atomic E-state index is 12.9. The van der Waals surface area contributed by atoms with Crippen LogP contribution in [0.5, 0.6) is 5.75 Å². The number of phenolic OH excluding ortho intramolecular Hbond substituents is 1. The van der Waals surface area contributed by atoms with Crippen LogP contribution < -0.4 is 5.32 Å². The third-order valence-electron chi connectivity index (χ3n) is 7.27. The van der Waals surface area contributed by atoms with Gasteiger partial charge in [0.25, 0.3) is 5.91 Å². The molecule has 1 amide bonds. The molecule has 1 atom stereocenters. The molecular weight excluding hydrogens is 573 g/mol. The van der Waals surface area contributed by atoms with E-state index < -0.39 is 11.9 Å². The van der Waals surface area contributed by atoms with E-state index in [1.807, 2.05) is 0 Å². The zero-order valence-corrected chi connectivity index (χ0v) is 25.3. The SMILES string of the molecule is C=C/C(=C\N=C(C)C(F)(F)F)c1ccc(C(=O)CCCC(CCC)Cn2cc3c(O)c(C(=O)NCCOC)ccc3n2)cc1. The van der Waals surface area contributed by atoms with Crippen LogP contribution in [0, 0.1) is 5.92 Å². The summed E-state index contributed by atoms with van der Waals surface area (Å²) in [7, 11) is 1.54. The van der Waals surface area contributed by atoms with Gasteiger partial charge in [-0.3, -0.25) is 19.3 Å². The van der Waals surface area contributed by atoms with Gasteiger partial charge in [-0.15, -0.1) is 0 Å². The molecule has 0 radical (unpaired) electrons. The molecule has 44 heavy (non-hydrogen) atoms. The predicted octanol–water partition coefficient (Wildman–Crippen LogP) is 7.14. The van der Waals surface area contributed by atoms with Crippen molar-refractivity contribution in [3.8, 4) is 5.75 Å². The van der Waals surface area contributed by atoms with Crippen LogP contribution in [0.3, 0.4) is 0 Å². The number of phenols is 1. The minimum atomic E-state index is -4.50. The summed E-state index contributed by atoms with van der Waals surface area (Å²) < 4.78 is 44.9. The molecule has 1 heterocycles. The Bertz CT molecular complexity index is 1510. The average molecular weight is 613 g/mol. The number of carbonyl (C=O) groups is 2. The molecule has 0 bridgehead atoms. The lowest BCUT2D eigenvalue weighted by Gasteiger charge is -2.16. The molecule has 236 valence electrons. The number of hydrogen-bond acceptors (Lipinski definition) is 6. The van der Waals surface area contributed by atoms with Gasteiger partial charge in [-0.1, -0.05) is 50.3 Å². The van der Waals surface area contributed by atoms with Crippen LogP contribution in [0.2, 0.25) is 0 Å². The lowest BCUT2D eigenvalue weighted by atomic mass is 9.94. The molecule has 0 spiro atoms. The molecule has 0 fully saturated rings. The van der Waals surface area contributed by atoms with Crippen LogP contribution in [0.15, 0.2) is 66.4 Å². The average Bonchev–Trinajstić information content (AvgIpc) is 3.41. The number of aromatic nitrogens is 2. The molecule has 3 aromatic rings. The second-order valence-corrected chi connectivity index (χ2v) is 10.5. The van der Waals surface area contributed by atoms with Gasteiger partial charge in [-0.2, -0.15) is 18.3 Å². The predicted molar refractivity (Wildman–Crippen MR) is 166 cm³/mol. The highest BCUT2D eigenvalue weighted by molar-refractivity contribution is 6.02. The topological polar surface area (TPSA) is 106 Å². The van der Waals surface area contributed by atoms with Gasteiger partial charge in [0.1, 0.15) is 11.5 Å². The Labute approximate surface area is 255 Å². The van der Waals surface area contributed by atoms with Gasteiger partial charge in [-0.25, -0.2) is 0 Å². The van der Waals surface area contributed by atoms with Crippen LogP contribution in [-0.4, -0.2) is 58.7 Å². The summed E-state index contributed by atoms with van der Waals surface area (Å²) in [4.78, 5) is 28.8. The molecule has 0 aliphatic carbocycles. The lowest BCUT2D eigenvalue weighted by Crippen LogP contribution is -2.26. The quantitative estimate of drug-likeness (QED) is 0.0775. The molecule has 0 aliphatic rings. The summed E-state index contributed by atoms with van der Waals surface area (Å²) in [6.07, 6.45) is 3.49. The number of aliphatic imine (C=N–C) groups is 1. The molecule has 3 rings (SSSR count). The Morgan fingerprint density at radius 3 is 2.50 bits per heavy atom. The van der Waals surface area contributed by atoms with Crippen molar-refractivity contribution >= 4 is 33.9 Å². The number of amides is 1. The number of halogens is 3. The van der Waals surface area contributed by atoms with Crippen molar-refractivity contribution in [1.29, 1.82) is 0 Å². The first-order chi connectivity index (χ1) is 21.0. The number of ether oxygens (including phenoxy) is 1. The Balaban J connectivity index is 1.60. The highest BCUT2D eigenvalue weighted by atomic mass is 19.4. The number of carbonyl (C=O) groups excluding carboxylic acids is 2. The Morgan fingerprint density at radius 2 is 1.86 bits per heavy atom. The minimum absolute atomic E-state index is 0.0204. The molecule has 11 heteroatoms. The summed E-state index contributed by atoms with van der Waals surface area (Å²) in [6.45, 7) is 7.95. The van der Waals surface area contributed by atoms with E-state index in [1.54, 1.807) is 54.4 Å². The largest absolute Gasteiger partial charge is 0.506 e. The van der Waals surface area contributed by atoms with E-state index in [9.17, 15) is 27.9 Å². The van der Waals surface area contributed by atoms with Crippen LogP contribution in [0.4, 0.5) is 13.2 Å². The summed E-state index contributed by atoms with van der Waals surface area (Å²) in [5, 5.41) is 18.5. The van der Waals surface area contributed by atoms with Crippen molar-refractivity contribution in [2.75, 3.05) is 20.3 Å². The number of Topliss-reactive ketones (excluding diaryl/α,β-unsaturated/α-hetero) is 1. The van der Waals surface area contributed by atoms with Crippen molar-refractivity contribution in [2.24, 2.45) is 10.9 Å². The monoisotopic (exact) mass is 612 g/mol. The maximum Gasteiger partial charge on any atom is 0.429 e. The van der Waals surface area contributed by atoms with Crippen LogP contribution in [-0.2, 0) is 11.3 Å². The maximum atomic E-state index is 12.9. The number of rotatable bonds is 16. The summed E-state index contributed by atoms with van der Waals surface area (Å²) in [5.74, 6) is -0.273. The number of fused-ring (bicyclic) bond motifs is 1. The second-order valence-electron chi connectivity index (χ2n) is 10.5. The zero-order chi connectivity index (χ0) is 32.3. The number of alkyl halides is 3. The van der Waals surface area contributed by atoms with Crippen molar-refractivity contribution in [1.82, 2.24) is 15.1 Å². The van der Waals surface area contributed by atoms with E-state index in [1.165, 1.54) is 6.08 Å². The third kappa shape index (κ3) is 9.37. The van der Waals surface area contributed by atoms with Crippen LogP contribution >= 0.6 is 0 Å². The number of hydrogen-bond donors (Lipinski definition) is 2. The van der Waals surface area contributed by atoms with Crippen molar-refractivity contribution in [3.05, 3.63) is 78.1 Å². The summed E-state index contributed by atoms with van der Waals surface area (Å²) in [5.41, 5.74) is 1.34. The minimum Gasteiger partial charge on any atom is -0.506 e. The van der Waals surface area contributed by atoms with Gasteiger partial charge in [0, 0.05) is 44.6 Å². The standard InChI is InChI=1S/C33H39F3N4O4/c1-5-8-23(20-40-21-28-29(39-40)16-15-27(31(28)42)32(43)37-17-18-44-4)9-7-10-30(41)26-13-11-25(12-14-26)24(6-2)19-38-22(3)33(34,35)36/h6,11-16,19,21,23,42H,2,5,7-10,17-18,20H2,1,3-4H3,(H,37,43)/b24-19+,38-22?. The van der Waals surface area contributed by atoms with E-state index >= 15 is 0 Å². The Hall–Kier alpha value is -4.25. The Morgan fingerprint density at radius 1 is 1.16 bits per heavy atom. The van der Waals surface area contributed by atoms with Crippen molar-refractivity contribution < 1.29 is 32.6 Å². The molecule has 2 aromatic carbocycles. The first-order valence-corrected chi connectivity index (χ1v) is 14.5. The number of nitrogens with zero attached hydrogens (tertiary/aromatic N) is 3. The van der Waals surface area contributed by atoms with Crippen LogP contribution in [0.25, 0.3) is 16.5 Å². The molecular formula is C33H39F3N4O4. The third-order valence-corrected chi connectivity index (χ3v) is 7.27. The van der Waals surface area contributed by atoms with Crippen molar-refractivity contribution in [2.45, 2.75) is 58.7 Å². The van der Waals surface area contributed by atoms with Crippen LogP contribution in [0.1, 0.15) is 72.2 Å². The normalized spacial score (nSPS) is 13.2. The molecule has 1 aromatic heterocycles. The van der Waals surface area contributed by atoms with Gasteiger partial charge < -0.3 is 15.2 Å². The zero-order valence-electron chi connectivity index (χ0n) is 25.3. The number of benzene rings is 2. The van der Waals surface area contributed by atoms with Gasteiger partial charge in [0.2, 0.25) is 0 Å². The van der Waals surface area contributed by atoms with Gasteiger partial charge in [0.05, 0.1) is 23.1 Å². The first-order valence-electron chi connectivity index (χ1n) is 14.5. The fraction of sp³-hybridized carbons (Fsp3) is 0.394. The second kappa shape index (κ2) is 16.0. The van der Waals surface area contributed by atoms with E-state index in [-0.39, 0.29) is 28.9 Å². The molecule has 0 aliphatic heterocycles. The first kappa shape index (κ1) is 34.2. The number of aromatic hydroxyl groups is 1. The fourth-order valence-corrected chi connectivity index (χ4v) is 4.80.